The Morgan fingerprint density at radius 2 is 1.78 bits per heavy atom. The number of carbonyl (C=O) groups excluding carboxylic acids is 1. The molecule has 0 atom stereocenters. The van der Waals surface area contributed by atoms with Crippen LogP contribution in [0, 0.1) is 0 Å². The number of benzene rings is 1. The number of carbonyl (C=O) groups is 1. The molecule has 1 aromatic carbocycles. The zero-order valence-corrected chi connectivity index (χ0v) is 17.3. The highest BCUT2D eigenvalue weighted by molar-refractivity contribution is 7.89. The van der Waals surface area contributed by atoms with Crippen LogP contribution in [0.25, 0.3) is 0 Å². The molecule has 152 valence electrons. The van der Waals surface area contributed by atoms with Crippen molar-refractivity contribution in [2.24, 2.45) is 0 Å². The highest BCUT2D eigenvalue weighted by Gasteiger charge is 2.28. The van der Waals surface area contributed by atoms with Crippen molar-refractivity contribution in [1.82, 2.24) is 14.9 Å². The lowest BCUT2D eigenvalue weighted by Gasteiger charge is -2.41. The maximum Gasteiger partial charge on any atom is 0.251 e. The van der Waals surface area contributed by atoms with E-state index in [1.54, 1.807) is 0 Å². The summed E-state index contributed by atoms with van der Waals surface area (Å²) in [5.41, 5.74) is 0.338. The van der Waals surface area contributed by atoms with Gasteiger partial charge >= 0.3 is 0 Å². The largest absolute Gasteiger partial charge is 0.383 e. The Kier molecular flexibility index (Phi) is 7.79. The minimum atomic E-state index is -3.59. The lowest BCUT2D eigenvalue weighted by Crippen LogP contribution is -2.53. The first-order valence-corrected chi connectivity index (χ1v) is 10.9. The fourth-order valence-electron chi connectivity index (χ4n) is 3.16. The van der Waals surface area contributed by atoms with Crippen molar-refractivity contribution < 1.29 is 17.9 Å². The van der Waals surface area contributed by atoms with E-state index in [9.17, 15) is 13.2 Å². The van der Waals surface area contributed by atoms with E-state index in [2.05, 4.69) is 28.8 Å². The molecule has 27 heavy (non-hydrogen) atoms. The van der Waals surface area contributed by atoms with Crippen LogP contribution in [0.3, 0.4) is 0 Å². The first kappa shape index (κ1) is 21.8. The number of likely N-dealkylation sites (tertiary alicyclic amines) is 1. The molecule has 1 amide bonds. The van der Waals surface area contributed by atoms with Crippen molar-refractivity contribution in [1.29, 1.82) is 0 Å². The zero-order valence-electron chi connectivity index (χ0n) is 16.5. The summed E-state index contributed by atoms with van der Waals surface area (Å²) >= 11 is 0. The van der Waals surface area contributed by atoms with Crippen LogP contribution in [0.5, 0.6) is 0 Å². The minimum absolute atomic E-state index is 0.107. The number of hydrogen-bond donors (Lipinski definition) is 2. The number of methoxy groups -OCH3 is 1. The minimum Gasteiger partial charge on any atom is -0.383 e. The quantitative estimate of drug-likeness (QED) is 0.618. The first-order chi connectivity index (χ1) is 12.8. The molecule has 0 saturated carbocycles. The van der Waals surface area contributed by atoms with Crippen molar-refractivity contribution in [3.05, 3.63) is 29.8 Å². The summed E-state index contributed by atoms with van der Waals surface area (Å²) in [6.45, 7) is 7.44. The van der Waals surface area contributed by atoms with Crippen LogP contribution in [0.4, 0.5) is 0 Å². The molecule has 0 radical (unpaired) electrons. The molecule has 1 heterocycles. The van der Waals surface area contributed by atoms with E-state index >= 15 is 0 Å². The number of nitrogens with one attached hydrogen (secondary N) is 2. The molecular formula is C19H31N3O4S. The average Bonchev–Trinajstić information content (AvgIpc) is 2.67. The maximum absolute atomic E-state index is 12.4. The number of rotatable bonds is 9. The van der Waals surface area contributed by atoms with Crippen LogP contribution in [0.1, 0.15) is 43.5 Å². The number of ether oxygens (including phenoxy) is 1. The van der Waals surface area contributed by atoms with Gasteiger partial charge in [-0.15, -0.1) is 0 Å². The van der Waals surface area contributed by atoms with Crippen LogP contribution >= 0.6 is 0 Å². The molecule has 2 rings (SSSR count). The van der Waals surface area contributed by atoms with E-state index in [0.717, 1.165) is 13.1 Å². The Labute approximate surface area is 162 Å². The molecule has 1 aliphatic rings. The summed E-state index contributed by atoms with van der Waals surface area (Å²) in [6, 6.07) is 5.96. The smallest absolute Gasteiger partial charge is 0.251 e. The molecule has 1 saturated heterocycles. The molecule has 2 N–H and O–H groups in total. The second-order valence-electron chi connectivity index (χ2n) is 7.46. The predicted molar refractivity (Wildman–Crippen MR) is 105 cm³/mol. The number of nitrogens with zero attached hydrogens (tertiary/aromatic N) is 1. The topological polar surface area (TPSA) is 87.7 Å². The van der Waals surface area contributed by atoms with Gasteiger partial charge in [0.1, 0.15) is 0 Å². The van der Waals surface area contributed by atoms with Crippen molar-refractivity contribution >= 4 is 15.9 Å². The Bertz CT molecular complexity index is 711. The van der Waals surface area contributed by atoms with Crippen molar-refractivity contribution in [3.63, 3.8) is 0 Å². The van der Waals surface area contributed by atoms with Crippen LogP contribution < -0.4 is 10.0 Å². The second kappa shape index (κ2) is 9.64. The van der Waals surface area contributed by atoms with Crippen molar-refractivity contribution in [2.75, 3.05) is 39.9 Å². The number of hydrogen-bond acceptors (Lipinski definition) is 5. The molecular weight excluding hydrogens is 366 g/mol. The van der Waals surface area contributed by atoms with Gasteiger partial charge < -0.3 is 10.1 Å². The van der Waals surface area contributed by atoms with Crippen LogP contribution in [-0.2, 0) is 14.8 Å². The van der Waals surface area contributed by atoms with Gasteiger partial charge in [0, 0.05) is 31.3 Å². The van der Waals surface area contributed by atoms with E-state index in [1.165, 1.54) is 50.6 Å². The monoisotopic (exact) mass is 397 g/mol. The van der Waals surface area contributed by atoms with E-state index in [1.807, 2.05) is 0 Å². The molecule has 8 heteroatoms. The average molecular weight is 398 g/mol. The summed E-state index contributed by atoms with van der Waals surface area (Å²) in [5, 5.41) is 2.97. The van der Waals surface area contributed by atoms with E-state index in [4.69, 9.17) is 4.74 Å². The summed E-state index contributed by atoms with van der Waals surface area (Å²) in [5.74, 6) is -0.198. The molecule has 0 unspecified atom stereocenters. The fraction of sp³-hybridized carbons (Fsp3) is 0.632. The third-order valence-corrected chi connectivity index (χ3v) is 6.40. The van der Waals surface area contributed by atoms with Gasteiger partial charge in [-0.25, -0.2) is 13.1 Å². The van der Waals surface area contributed by atoms with Gasteiger partial charge in [-0.1, -0.05) is 6.42 Å². The SMILES string of the molecule is COCCNS(=O)(=O)c1ccc(C(=O)NCC(C)(C)N2CCCCC2)cc1. The van der Waals surface area contributed by atoms with E-state index < -0.39 is 10.0 Å². The lowest BCUT2D eigenvalue weighted by atomic mass is 9.98. The molecule has 1 fully saturated rings. The summed E-state index contributed by atoms with van der Waals surface area (Å²) in [4.78, 5) is 15.0. The second-order valence-corrected chi connectivity index (χ2v) is 9.22. The Hall–Kier alpha value is -1.48. The standard InChI is InChI=1S/C19H31N3O4S/c1-19(2,22-12-5-4-6-13-22)15-20-18(23)16-7-9-17(10-8-16)27(24,25)21-11-14-26-3/h7-10,21H,4-6,11-15H2,1-3H3,(H,20,23). The van der Waals surface area contributed by atoms with Gasteiger partial charge in [0.05, 0.1) is 11.5 Å². The number of sulfonamides is 1. The molecule has 0 aliphatic carbocycles. The maximum atomic E-state index is 12.4. The third kappa shape index (κ3) is 6.27. The van der Waals surface area contributed by atoms with Gasteiger partial charge in [-0.05, 0) is 64.0 Å². The molecule has 7 nitrogen and oxygen atoms in total. The number of piperidine rings is 1. The highest BCUT2D eigenvalue weighted by atomic mass is 32.2. The number of amides is 1. The Morgan fingerprint density at radius 1 is 1.15 bits per heavy atom. The molecule has 0 spiro atoms. The summed E-state index contributed by atoms with van der Waals surface area (Å²) in [7, 11) is -2.09. The van der Waals surface area contributed by atoms with Crippen molar-refractivity contribution in [2.45, 2.75) is 43.5 Å². The molecule has 1 aromatic rings. The predicted octanol–water partition coefficient (Wildman–Crippen LogP) is 1.61. The van der Waals surface area contributed by atoms with Gasteiger partial charge in [-0.2, -0.15) is 0 Å². The van der Waals surface area contributed by atoms with Crippen LogP contribution in [0.2, 0.25) is 0 Å². The van der Waals surface area contributed by atoms with Crippen LogP contribution in [-0.4, -0.2) is 64.7 Å². The fourth-order valence-corrected chi connectivity index (χ4v) is 4.17. The van der Waals surface area contributed by atoms with E-state index in [0.29, 0.717) is 18.7 Å². The van der Waals surface area contributed by atoms with Gasteiger partial charge in [0.15, 0.2) is 0 Å². The zero-order chi connectivity index (χ0) is 19.9. The van der Waals surface area contributed by atoms with Gasteiger partial charge in [-0.3, -0.25) is 9.69 Å². The highest BCUT2D eigenvalue weighted by Crippen LogP contribution is 2.20. The summed E-state index contributed by atoms with van der Waals surface area (Å²) < 4.78 is 31.6. The Morgan fingerprint density at radius 3 is 2.37 bits per heavy atom. The Balaban J connectivity index is 1.93. The van der Waals surface area contributed by atoms with Crippen LogP contribution in [0.15, 0.2) is 29.2 Å². The van der Waals surface area contributed by atoms with Gasteiger partial charge in [0.2, 0.25) is 10.0 Å². The normalized spacial score (nSPS) is 16.3. The third-order valence-electron chi connectivity index (χ3n) is 4.92. The lowest BCUT2D eigenvalue weighted by molar-refractivity contribution is 0.0797. The summed E-state index contributed by atoms with van der Waals surface area (Å²) in [6.07, 6.45) is 3.67. The molecule has 1 aliphatic heterocycles. The molecule has 0 aromatic heterocycles. The first-order valence-electron chi connectivity index (χ1n) is 9.38. The van der Waals surface area contributed by atoms with E-state index in [-0.39, 0.29) is 22.9 Å². The van der Waals surface area contributed by atoms with Crippen molar-refractivity contribution in [3.8, 4) is 0 Å². The molecule has 0 bridgehead atoms. The van der Waals surface area contributed by atoms with Gasteiger partial charge in [0.25, 0.3) is 5.91 Å².